The zero-order valence-corrected chi connectivity index (χ0v) is 6.70. The summed E-state index contributed by atoms with van der Waals surface area (Å²) in [7, 11) is -6.07. The molecule has 4 N–H and O–H groups in total. The van der Waals surface area contributed by atoms with Gasteiger partial charge in [-0.1, -0.05) is 0 Å². The number of phosphoric ester groups is 1. The molecule has 0 aromatic heterocycles. The van der Waals surface area contributed by atoms with E-state index in [1.54, 1.807) is 0 Å². The van der Waals surface area contributed by atoms with Crippen LogP contribution in [0.5, 0.6) is 0 Å². The van der Waals surface area contributed by atoms with Gasteiger partial charge in [-0.25, -0.2) is 4.57 Å². The first-order chi connectivity index (χ1) is 4.29. The molecule has 0 aliphatic heterocycles. The van der Waals surface area contributed by atoms with Gasteiger partial charge in [-0.15, -0.1) is 9.79 Å². The normalized spacial score (nSPS) is 9.70. The Balaban J connectivity index is 0. The van der Waals surface area contributed by atoms with E-state index in [0.717, 1.165) is 7.11 Å². The van der Waals surface area contributed by atoms with Crippen LogP contribution in [0.15, 0.2) is 0 Å². The van der Waals surface area contributed by atoms with Crippen LogP contribution in [-0.2, 0) is 13.7 Å². The fourth-order valence-electron chi connectivity index (χ4n) is 0. The summed E-state index contributed by atoms with van der Waals surface area (Å²) < 4.78 is 21.8. The summed E-state index contributed by atoms with van der Waals surface area (Å²) in [5.74, 6) is 0. The third kappa shape index (κ3) is 42.2. The van der Waals surface area contributed by atoms with Crippen LogP contribution in [0.2, 0.25) is 0 Å². The molecular weight excluding hydrogens is 186 g/mol. The third-order valence-electron chi connectivity index (χ3n) is 0.238. The molecule has 0 unspecified atom stereocenters. The fraction of sp³-hybridized carbons (Fsp3) is 1.00. The van der Waals surface area contributed by atoms with E-state index >= 15 is 0 Å². The van der Waals surface area contributed by atoms with Crippen molar-refractivity contribution in [1.29, 1.82) is 0 Å². The van der Waals surface area contributed by atoms with Crippen molar-refractivity contribution in [2.24, 2.45) is 0 Å². The minimum Gasteiger partial charge on any atom is -0.303 e. The topological polar surface area (TPSA) is 124 Å². The fourth-order valence-corrected chi connectivity index (χ4v) is 0. The minimum absolute atomic E-state index is 0.945. The second-order valence-electron chi connectivity index (χ2n) is 0.926. The summed E-state index contributed by atoms with van der Waals surface area (Å²) in [5, 5.41) is 0. The Morgan fingerprint density at radius 1 is 1.40 bits per heavy atom. The number of rotatable bonds is 1. The molecule has 10 heavy (non-hydrogen) atoms. The third-order valence-corrected chi connectivity index (χ3v) is 0.714. The van der Waals surface area contributed by atoms with Crippen molar-refractivity contribution in [2.45, 2.75) is 0 Å². The quantitative estimate of drug-likeness (QED) is 0.408. The first-order valence-corrected chi connectivity index (χ1v) is 4.45. The molecule has 0 spiro atoms. The highest BCUT2D eigenvalue weighted by atomic mass is 31.2. The lowest BCUT2D eigenvalue weighted by Crippen LogP contribution is -1.76. The SMILES string of the molecule is COP(=O)(O)O.O=[P+](O)O. The zero-order valence-electron chi connectivity index (χ0n) is 4.91. The van der Waals surface area contributed by atoms with Crippen LogP contribution in [0.1, 0.15) is 0 Å². The van der Waals surface area contributed by atoms with E-state index in [1.165, 1.54) is 0 Å². The van der Waals surface area contributed by atoms with E-state index in [1.807, 2.05) is 0 Å². The molecule has 0 rings (SSSR count). The number of hydrogen-bond acceptors (Lipinski definition) is 3. The average Bonchev–Trinajstić information content (AvgIpc) is 1.63. The predicted molar refractivity (Wildman–Crippen MR) is 31.1 cm³/mol. The molecule has 0 aromatic rings. The van der Waals surface area contributed by atoms with E-state index in [-0.39, 0.29) is 0 Å². The highest BCUT2D eigenvalue weighted by Crippen LogP contribution is 2.33. The van der Waals surface area contributed by atoms with Crippen molar-refractivity contribution < 1.29 is 33.2 Å². The van der Waals surface area contributed by atoms with Gasteiger partial charge in [0.1, 0.15) is 0 Å². The average molecular weight is 193 g/mol. The molecule has 62 valence electrons. The molecule has 7 nitrogen and oxygen atoms in total. The van der Waals surface area contributed by atoms with Crippen molar-refractivity contribution in [3.8, 4) is 0 Å². The lowest BCUT2D eigenvalue weighted by molar-refractivity contribution is 0.235. The van der Waals surface area contributed by atoms with E-state index < -0.39 is 16.1 Å². The van der Waals surface area contributed by atoms with Gasteiger partial charge in [-0.05, 0) is 0 Å². The van der Waals surface area contributed by atoms with Crippen molar-refractivity contribution in [1.82, 2.24) is 0 Å². The van der Waals surface area contributed by atoms with Crippen LogP contribution in [0.4, 0.5) is 0 Å². The van der Waals surface area contributed by atoms with E-state index in [2.05, 4.69) is 4.52 Å². The van der Waals surface area contributed by atoms with Gasteiger partial charge in [-0.2, -0.15) is 0 Å². The second kappa shape index (κ2) is 5.88. The molecule has 0 aliphatic carbocycles. The lowest BCUT2D eigenvalue weighted by Gasteiger charge is -1.93. The molecule has 0 aliphatic rings. The van der Waals surface area contributed by atoms with E-state index in [0.29, 0.717) is 0 Å². The molecule has 0 amide bonds. The standard InChI is InChI=1S/CH5O4P.HO3P/c1-5-6(2,3)4;1-4(2)3/h1H3,(H2,2,3,4);(H-,1,2,3)/p+1. The van der Waals surface area contributed by atoms with Crippen molar-refractivity contribution in [2.75, 3.05) is 7.11 Å². The predicted octanol–water partition coefficient (Wildman–Crippen LogP) is -0.646. The van der Waals surface area contributed by atoms with Crippen molar-refractivity contribution in [3.05, 3.63) is 0 Å². The highest BCUT2D eigenvalue weighted by molar-refractivity contribution is 7.46. The Bertz CT molecular complexity index is 131. The largest absolute Gasteiger partial charge is 0.692 e. The van der Waals surface area contributed by atoms with Gasteiger partial charge in [0.2, 0.25) is 0 Å². The maximum Gasteiger partial charge on any atom is 0.692 e. The van der Waals surface area contributed by atoms with Gasteiger partial charge >= 0.3 is 16.1 Å². The first kappa shape index (κ1) is 12.8. The summed E-state index contributed by atoms with van der Waals surface area (Å²) in [6, 6.07) is 0. The van der Waals surface area contributed by atoms with Crippen LogP contribution in [-0.4, -0.2) is 26.7 Å². The second-order valence-corrected chi connectivity index (χ2v) is 2.78. The number of hydrogen-bond donors (Lipinski definition) is 4. The Morgan fingerprint density at radius 2 is 1.50 bits per heavy atom. The van der Waals surface area contributed by atoms with Gasteiger partial charge in [0.25, 0.3) is 0 Å². The summed E-state index contributed by atoms with van der Waals surface area (Å²) in [5.41, 5.74) is 0. The Labute approximate surface area is 57.5 Å². The van der Waals surface area contributed by atoms with E-state index in [4.69, 9.17) is 24.1 Å². The van der Waals surface area contributed by atoms with Crippen LogP contribution < -0.4 is 0 Å². The maximum absolute atomic E-state index is 9.47. The van der Waals surface area contributed by atoms with Gasteiger partial charge in [0.15, 0.2) is 0 Å². The maximum atomic E-state index is 9.47. The molecule has 0 fully saturated rings. The van der Waals surface area contributed by atoms with Crippen LogP contribution in [0.3, 0.4) is 0 Å². The van der Waals surface area contributed by atoms with Crippen molar-refractivity contribution in [3.63, 3.8) is 0 Å². The molecule has 0 saturated carbocycles. The molecule has 0 radical (unpaired) electrons. The Hall–Kier alpha value is 0.130. The number of phosphoric acid groups is 1. The van der Waals surface area contributed by atoms with Crippen LogP contribution in [0, 0.1) is 0 Å². The molecule has 0 heterocycles. The summed E-state index contributed by atoms with van der Waals surface area (Å²) in [6.45, 7) is 0. The lowest BCUT2D eigenvalue weighted by atomic mass is 11.8. The molecule has 0 saturated heterocycles. The van der Waals surface area contributed by atoms with Crippen molar-refractivity contribution >= 4 is 16.1 Å². The smallest absolute Gasteiger partial charge is 0.303 e. The molecule has 0 atom stereocenters. The monoisotopic (exact) mass is 193 g/mol. The minimum atomic E-state index is -4.15. The van der Waals surface area contributed by atoms with Crippen LogP contribution in [0.25, 0.3) is 0 Å². The molecular formula is CH7O7P2+. The van der Waals surface area contributed by atoms with Gasteiger partial charge in [0.05, 0.1) is 0 Å². The first-order valence-electron chi connectivity index (χ1n) is 1.76. The van der Waals surface area contributed by atoms with Gasteiger partial charge in [-0.3, -0.25) is 4.52 Å². The van der Waals surface area contributed by atoms with Gasteiger partial charge in [0, 0.05) is 11.7 Å². The molecule has 9 heteroatoms. The highest BCUT2D eigenvalue weighted by Gasteiger charge is 2.07. The Kier molecular flexibility index (Phi) is 7.51. The van der Waals surface area contributed by atoms with Gasteiger partial charge < -0.3 is 9.79 Å². The molecule has 0 bridgehead atoms. The van der Waals surface area contributed by atoms with E-state index in [9.17, 15) is 4.57 Å². The molecule has 0 aromatic carbocycles. The summed E-state index contributed by atoms with van der Waals surface area (Å²) in [6.07, 6.45) is 0. The zero-order chi connectivity index (χ0) is 8.78. The Morgan fingerprint density at radius 3 is 1.50 bits per heavy atom. The summed E-state index contributed by atoms with van der Waals surface area (Å²) in [4.78, 5) is 29.7. The van der Waals surface area contributed by atoms with Crippen LogP contribution >= 0.6 is 16.1 Å². The summed E-state index contributed by atoms with van der Waals surface area (Å²) >= 11 is 0.